The predicted octanol–water partition coefficient (Wildman–Crippen LogP) is 2.06. The maximum atomic E-state index is 12.1. The molecule has 1 aromatic rings. The third kappa shape index (κ3) is 2.56. The number of hydrogen-bond donors (Lipinski definition) is 2. The van der Waals surface area contributed by atoms with Gasteiger partial charge >= 0.3 is 0 Å². The van der Waals surface area contributed by atoms with E-state index in [1.54, 1.807) is 13.0 Å². The first kappa shape index (κ1) is 12.7. The summed E-state index contributed by atoms with van der Waals surface area (Å²) in [6.45, 7) is 1.79. The van der Waals surface area contributed by atoms with Crippen LogP contribution >= 0.6 is 11.6 Å². The van der Waals surface area contributed by atoms with Crippen LogP contribution in [0.2, 0.25) is 5.02 Å². The summed E-state index contributed by atoms with van der Waals surface area (Å²) in [6.07, 6.45) is 2.84. The monoisotopic (exact) mass is 274 g/mol. The van der Waals surface area contributed by atoms with Crippen molar-refractivity contribution in [1.82, 2.24) is 4.72 Å². The van der Waals surface area contributed by atoms with Crippen LogP contribution in [0.25, 0.3) is 0 Å². The fourth-order valence-electron chi connectivity index (χ4n) is 1.68. The van der Waals surface area contributed by atoms with E-state index in [9.17, 15) is 8.42 Å². The molecule has 0 bridgehead atoms. The van der Waals surface area contributed by atoms with Crippen molar-refractivity contribution in [2.45, 2.75) is 37.1 Å². The van der Waals surface area contributed by atoms with Gasteiger partial charge in [-0.3, -0.25) is 0 Å². The molecule has 0 amide bonds. The van der Waals surface area contributed by atoms with Crippen LogP contribution in [0.3, 0.4) is 0 Å². The SMILES string of the molecule is Cc1cc(Cl)c(S(=O)(=O)NC2CCC2)cc1N. The fraction of sp³-hybridized carbons (Fsp3) is 0.455. The normalized spacial score (nSPS) is 16.8. The first-order valence-corrected chi connectivity index (χ1v) is 7.34. The van der Waals surface area contributed by atoms with Crippen LogP contribution in [-0.4, -0.2) is 14.5 Å². The molecule has 1 aromatic carbocycles. The van der Waals surface area contributed by atoms with Crippen LogP contribution in [0.5, 0.6) is 0 Å². The maximum Gasteiger partial charge on any atom is 0.242 e. The molecular formula is C11H15ClN2O2S. The van der Waals surface area contributed by atoms with Crippen molar-refractivity contribution in [3.63, 3.8) is 0 Å². The second kappa shape index (κ2) is 4.48. The second-order valence-corrected chi connectivity index (χ2v) is 6.48. The lowest BCUT2D eigenvalue weighted by molar-refractivity contribution is 0.383. The van der Waals surface area contributed by atoms with Gasteiger partial charge in [0.05, 0.1) is 5.02 Å². The Morgan fingerprint density at radius 1 is 1.41 bits per heavy atom. The van der Waals surface area contributed by atoms with Crippen molar-refractivity contribution >= 4 is 27.3 Å². The van der Waals surface area contributed by atoms with E-state index in [-0.39, 0.29) is 16.0 Å². The van der Waals surface area contributed by atoms with Crippen molar-refractivity contribution < 1.29 is 8.42 Å². The number of benzene rings is 1. The number of nitrogens with two attached hydrogens (primary N) is 1. The largest absolute Gasteiger partial charge is 0.398 e. The zero-order chi connectivity index (χ0) is 12.6. The van der Waals surface area contributed by atoms with Crippen molar-refractivity contribution in [1.29, 1.82) is 0 Å². The van der Waals surface area contributed by atoms with E-state index < -0.39 is 10.0 Å². The first-order valence-electron chi connectivity index (χ1n) is 5.48. The summed E-state index contributed by atoms with van der Waals surface area (Å²) in [4.78, 5) is 0.0640. The smallest absolute Gasteiger partial charge is 0.242 e. The molecule has 6 heteroatoms. The Bertz CT molecular complexity index is 539. The molecular weight excluding hydrogens is 260 g/mol. The van der Waals surface area contributed by atoms with E-state index in [0.29, 0.717) is 5.69 Å². The van der Waals surface area contributed by atoms with Gasteiger partial charge in [0.2, 0.25) is 10.0 Å². The zero-order valence-electron chi connectivity index (χ0n) is 9.53. The van der Waals surface area contributed by atoms with Crippen LogP contribution in [-0.2, 0) is 10.0 Å². The number of nitrogens with one attached hydrogen (secondary N) is 1. The topological polar surface area (TPSA) is 72.2 Å². The van der Waals surface area contributed by atoms with E-state index in [1.165, 1.54) is 6.07 Å². The van der Waals surface area contributed by atoms with Gasteiger partial charge in [-0.2, -0.15) is 0 Å². The van der Waals surface area contributed by atoms with Gasteiger partial charge < -0.3 is 5.73 Å². The number of halogens is 1. The number of aryl methyl sites for hydroxylation is 1. The fourth-order valence-corrected chi connectivity index (χ4v) is 3.61. The highest BCUT2D eigenvalue weighted by Gasteiger charge is 2.26. The summed E-state index contributed by atoms with van der Waals surface area (Å²) in [5.74, 6) is 0. The van der Waals surface area contributed by atoms with E-state index in [2.05, 4.69) is 4.72 Å². The molecule has 1 aliphatic rings. The highest BCUT2D eigenvalue weighted by molar-refractivity contribution is 7.89. The predicted molar refractivity (Wildman–Crippen MR) is 68.6 cm³/mol. The zero-order valence-corrected chi connectivity index (χ0v) is 11.1. The van der Waals surface area contributed by atoms with Crippen LogP contribution in [0.15, 0.2) is 17.0 Å². The minimum absolute atomic E-state index is 0.0404. The summed E-state index contributed by atoms with van der Waals surface area (Å²) in [7, 11) is -3.55. The molecule has 1 fully saturated rings. The standard InChI is InChI=1S/C11H15ClN2O2S/c1-7-5-9(12)11(6-10(7)13)17(15,16)14-8-3-2-4-8/h5-6,8,14H,2-4,13H2,1H3. The Labute approximate surface area is 106 Å². The van der Waals surface area contributed by atoms with Crippen LogP contribution in [0.1, 0.15) is 24.8 Å². The third-order valence-electron chi connectivity index (χ3n) is 3.04. The number of nitrogen functional groups attached to an aromatic ring is 1. The van der Waals surface area contributed by atoms with Crippen molar-refractivity contribution in [2.75, 3.05) is 5.73 Å². The number of hydrogen-bond acceptors (Lipinski definition) is 3. The van der Waals surface area contributed by atoms with Crippen LogP contribution in [0, 0.1) is 6.92 Å². The van der Waals surface area contributed by atoms with Gasteiger partial charge in [0.15, 0.2) is 0 Å². The van der Waals surface area contributed by atoms with E-state index in [0.717, 1.165) is 24.8 Å². The molecule has 0 aliphatic heterocycles. The second-order valence-electron chi connectivity index (χ2n) is 4.39. The average molecular weight is 275 g/mol. The maximum absolute atomic E-state index is 12.1. The molecule has 4 nitrogen and oxygen atoms in total. The van der Waals surface area contributed by atoms with Gasteiger partial charge in [-0.05, 0) is 37.5 Å². The Balaban J connectivity index is 2.35. The molecule has 0 unspecified atom stereocenters. The average Bonchev–Trinajstić information content (AvgIpc) is 2.17. The lowest BCUT2D eigenvalue weighted by atomic mass is 9.94. The van der Waals surface area contributed by atoms with E-state index in [1.807, 2.05) is 0 Å². The summed E-state index contributed by atoms with van der Waals surface area (Å²) >= 11 is 5.96. The molecule has 1 saturated carbocycles. The molecule has 0 radical (unpaired) electrons. The Morgan fingerprint density at radius 3 is 2.59 bits per heavy atom. The van der Waals surface area contributed by atoms with E-state index in [4.69, 9.17) is 17.3 Å². The molecule has 0 atom stereocenters. The summed E-state index contributed by atoms with van der Waals surface area (Å²) in [5.41, 5.74) is 6.92. The minimum Gasteiger partial charge on any atom is -0.398 e. The lowest BCUT2D eigenvalue weighted by Gasteiger charge is -2.26. The van der Waals surface area contributed by atoms with Gasteiger partial charge in [-0.25, -0.2) is 13.1 Å². The van der Waals surface area contributed by atoms with Gasteiger partial charge in [-0.15, -0.1) is 0 Å². The highest BCUT2D eigenvalue weighted by atomic mass is 35.5. The molecule has 2 rings (SSSR count). The van der Waals surface area contributed by atoms with E-state index >= 15 is 0 Å². The van der Waals surface area contributed by atoms with Crippen LogP contribution in [0.4, 0.5) is 5.69 Å². The summed E-state index contributed by atoms with van der Waals surface area (Å²) in [5, 5.41) is 0.212. The van der Waals surface area contributed by atoms with Crippen LogP contribution < -0.4 is 10.5 Å². The Morgan fingerprint density at radius 2 is 2.06 bits per heavy atom. The summed E-state index contributed by atoms with van der Waals surface area (Å²) < 4.78 is 26.8. The minimum atomic E-state index is -3.55. The van der Waals surface area contributed by atoms with Gasteiger partial charge in [-0.1, -0.05) is 18.0 Å². The quantitative estimate of drug-likeness (QED) is 0.829. The first-order chi connectivity index (χ1) is 7.90. The molecule has 3 N–H and O–H groups in total. The number of sulfonamides is 1. The number of rotatable bonds is 3. The van der Waals surface area contributed by atoms with Crippen molar-refractivity contribution in [2.24, 2.45) is 0 Å². The van der Waals surface area contributed by atoms with Crippen molar-refractivity contribution in [3.05, 3.63) is 22.7 Å². The van der Waals surface area contributed by atoms with Gasteiger partial charge in [0.25, 0.3) is 0 Å². The molecule has 94 valence electrons. The molecule has 1 aliphatic carbocycles. The number of anilines is 1. The Hall–Kier alpha value is -0.780. The van der Waals surface area contributed by atoms with Gasteiger partial charge in [0, 0.05) is 11.7 Å². The lowest BCUT2D eigenvalue weighted by Crippen LogP contribution is -2.39. The molecule has 0 heterocycles. The molecule has 0 spiro atoms. The third-order valence-corrected chi connectivity index (χ3v) is 5.02. The van der Waals surface area contributed by atoms with Crippen molar-refractivity contribution in [3.8, 4) is 0 Å². The van der Waals surface area contributed by atoms with Gasteiger partial charge in [0.1, 0.15) is 4.90 Å². The molecule has 0 saturated heterocycles. The molecule has 17 heavy (non-hydrogen) atoms. The summed E-state index contributed by atoms with van der Waals surface area (Å²) in [6, 6.07) is 3.03. The molecule has 0 aromatic heterocycles. The Kier molecular flexibility index (Phi) is 3.34. The highest BCUT2D eigenvalue weighted by Crippen LogP contribution is 2.28.